The number of hydrogen-bond donors (Lipinski definition) is 3. The van der Waals surface area contributed by atoms with E-state index in [9.17, 15) is 9.59 Å². The van der Waals surface area contributed by atoms with Gasteiger partial charge in [0.2, 0.25) is 5.95 Å². The molecule has 9 heteroatoms. The maximum absolute atomic E-state index is 12.7. The average Bonchev–Trinajstić information content (AvgIpc) is 2.77. The van der Waals surface area contributed by atoms with Crippen LogP contribution in [0.2, 0.25) is 0 Å². The summed E-state index contributed by atoms with van der Waals surface area (Å²) in [6, 6.07) is 13.0. The van der Waals surface area contributed by atoms with Gasteiger partial charge in [0.15, 0.2) is 0 Å². The first-order chi connectivity index (χ1) is 15.6. The van der Waals surface area contributed by atoms with Crippen LogP contribution in [0.5, 0.6) is 0 Å². The Bertz CT molecular complexity index is 1140. The lowest BCUT2D eigenvalue weighted by atomic mass is 10.1. The van der Waals surface area contributed by atoms with Gasteiger partial charge in [-0.1, -0.05) is 30.3 Å². The third kappa shape index (κ3) is 6.55. The second kappa shape index (κ2) is 10.2. The highest BCUT2D eigenvalue weighted by Gasteiger charge is 2.21. The minimum absolute atomic E-state index is 0.0574. The zero-order valence-corrected chi connectivity index (χ0v) is 19.3. The summed E-state index contributed by atoms with van der Waals surface area (Å²) in [6.45, 7) is 5.75. The molecule has 0 spiro atoms. The van der Waals surface area contributed by atoms with E-state index >= 15 is 0 Å². The molecule has 0 saturated carbocycles. The highest BCUT2D eigenvalue weighted by Crippen LogP contribution is 2.21. The van der Waals surface area contributed by atoms with E-state index in [1.165, 1.54) is 4.57 Å². The van der Waals surface area contributed by atoms with Gasteiger partial charge >= 0.3 is 6.09 Å². The van der Waals surface area contributed by atoms with Crippen LogP contribution >= 0.6 is 0 Å². The van der Waals surface area contributed by atoms with Crippen molar-refractivity contribution in [1.29, 1.82) is 0 Å². The number of ether oxygens (including phenoxy) is 1. The van der Waals surface area contributed by atoms with Gasteiger partial charge in [-0.25, -0.2) is 9.78 Å². The molecule has 0 aliphatic heterocycles. The van der Waals surface area contributed by atoms with Crippen molar-refractivity contribution in [3.8, 4) is 11.3 Å². The number of carbonyl (C=O) groups excluding carboxylic acids is 1. The van der Waals surface area contributed by atoms with Gasteiger partial charge in [0.1, 0.15) is 17.0 Å². The molecule has 2 aromatic heterocycles. The van der Waals surface area contributed by atoms with E-state index in [-0.39, 0.29) is 17.3 Å². The number of nitrogen functional groups attached to an aromatic ring is 1. The molecule has 0 saturated heterocycles. The van der Waals surface area contributed by atoms with Crippen molar-refractivity contribution in [2.24, 2.45) is 7.05 Å². The fourth-order valence-corrected chi connectivity index (χ4v) is 3.27. The number of amides is 1. The van der Waals surface area contributed by atoms with Crippen LogP contribution in [0.15, 0.2) is 59.7 Å². The molecule has 3 rings (SSSR count). The van der Waals surface area contributed by atoms with Gasteiger partial charge in [0.25, 0.3) is 5.56 Å². The Morgan fingerprint density at radius 3 is 2.45 bits per heavy atom. The van der Waals surface area contributed by atoms with Crippen LogP contribution in [0.4, 0.5) is 16.4 Å². The molecule has 33 heavy (non-hydrogen) atoms. The molecule has 174 valence electrons. The quantitative estimate of drug-likeness (QED) is 0.505. The summed E-state index contributed by atoms with van der Waals surface area (Å²) in [5.41, 5.74) is 7.25. The Kier molecular flexibility index (Phi) is 7.32. The highest BCUT2D eigenvalue weighted by atomic mass is 16.6. The number of carbonyl (C=O) groups is 1. The maximum atomic E-state index is 12.7. The molecule has 0 radical (unpaired) electrons. The van der Waals surface area contributed by atoms with Gasteiger partial charge in [-0.15, -0.1) is 0 Å². The molecule has 1 atom stereocenters. The van der Waals surface area contributed by atoms with Crippen molar-refractivity contribution in [2.75, 3.05) is 17.6 Å². The molecule has 0 bridgehead atoms. The Balaban J connectivity index is 1.84. The first-order valence-corrected chi connectivity index (χ1v) is 10.7. The van der Waals surface area contributed by atoms with Crippen molar-refractivity contribution in [1.82, 2.24) is 19.9 Å². The summed E-state index contributed by atoms with van der Waals surface area (Å²) in [4.78, 5) is 33.7. The van der Waals surface area contributed by atoms with Crippen LogP contribution < -0.4 is 21.9 Å². The molecule has 9 nitrogen and oxygen atoms in total. The Morgan fingerprint density at radius 1 is 1.15 bits per heavy atom. The Labute approximate surface area is 193 Å². The number of anilines is 2. The number of nitrogens with one attached hydrogen (secondary N) is 2. The molecule has 1 aromatic carbocycles. The third-order valence-electron chi connectivity index (χ3n) is 4.83. The largest absolute Gasteiger partial charge is 0.444 e. The van der Waals surface area contributed by atoms with Crippen LogP contribution in [0.3, 0.4) is 0 Å². The van der Waals surface area contributed by atoms with Crippen LogP contribution in [0, 0.1) is 0 Å². The third-order valence-corrected chi connectivity index (χ3v) is 4.83. The first kappa shape index (κ1) is 23.8. The van der Waals surface area contributed by atoms with Gasteiger partial charge < -0.3 is 21.1 Å². The number of hydrogen-bond acceptors (Lipinski definition) is 7. The molecule has 0 fully saturated rings. The number of benzene rings is 1. The minimum Gasteiger partial charge on any atom is -0.444 e. The van der Waals surface area contributed by atoms with E-state index in [1.807, 2.05) is 51.1 Å². The van der Waals surface area contributed by atoms with Gasteiger partial charge in [-0.3, -0.25) is 14.3 Å². The predicted molar refractivity (Wildman–Crippen MR) is 129 cm³/mol. The predicted octanol–water partition coefficient (Wildman–Crippen LogP) is 2.97. The highest BCUT2D eigenvalue weighted by molar-refractivity contribution is 5.72. The second-order valence-corrected chi connectivity index (χ2v) is 8.71. The number of nitrogens with zero attached hydrogens (tertiary/aromatic N) is 3. The first-order valence-electron chi connectivity index (χ1n) is 10.7. The van der Waals surface area contributed by atoms with E-state index in [0.717, 1.165) is 5.56 Å². The maximum Gasteiger partial charge on any atom is 0.407 e. The Morgan fingerprint density at radius 2 is 1.82 bits per heavy atom. The molecule has 4 N–H and O–H groups in total. The topological polar surface area (TPSA) is 124 Å². The van der Waals surface area contributed by atoms with Crippen molar-refractivity contribution in [3.63, 3.8) is 0 Å². The second-order valence-electron chi connectivity index (χ2n) is 8.71. The normalized spacial score (nSPS) is 12.1. The fourth-order valence-electron chi connectivity index (χ4n) is 3.27. The summed E-state index contributed by atoms with van der Waals surface area (Å²) in [6.07, 6.45) is 3.28. The van der Waals surface area contributed by atoms with Crippen molar-refractivity contribution in [3.05, 3.63) is 70.8 Å². The number of aromatic nitrogens is 3. The summed E-state index contributed by atoms with van der Waals surface area (Å²) in [5.74, 6) is 0.338. The summed E-state index contributed by atoms with van der Waals surface area (Å²) in [7, 11) is 1.60. The lowest BCUT2D eigenvalue weighted by molar-refractivity contribution is 0.0507. The zero-order chi connectivity index (χ0) is 24.0. The average molecular weight is 451 g/mol. The molecule has 0 aliphatic carbocycles. The molecule has 2 heterocycles. The molecule has 0 aliphatic rings. The molecular weight excluding hydrogens is 420 g/mol. The summed E-state index contributed by atoms with van der Waals surface area (Å²) >= 11 is 0. The SMILES string of the molecule is Cn1c(NCC(Cc2ccccc2)NC(=O)OC(C)(C)C)nc(-c2ccncc2)c(N)c1=O. The Hall–Kier alpha value is -3.88. The number of alkyl carbamates (subject to hydrolysis) is 1. The van der Waals surface area contributed by atoms with Crippen molar-refractivity contribution >= 4 is 17.7 Å². The van der Waals surface area contributed by atoms with E-state index in [1.54, 1.807) is 31.6 Å². The van der Waals surface area contributed by atoms with E-state index in [4.69, 9.17) is 10.5 Å². The van der Waals surface area contributed by atoms with Crippen LogP contribution in [0.25, 0.3) is 11.3 Å². The van der Waals surface area contributed by atoms with Gasteiger partial charge in [-0.05, 0) is 44.9 Å². The summed E-state index contributed by atoms with van der Waals surface area (Å²) < 4.78 is 6.78. The lowest BCUT2D eigenvalue weighted by Crippen LogP contribution is -2.44. The van der Waals surface area contributed by atoms with E-state index in [2.05, 4.69) is 20.6 Å². The van der Waals surface area contributed by atoms with Crippen LogP contribution in [0.1, 0.15) is 26.3 Å². The van der Waals surface area contributed by atoms with Gasteiger partial charge in [0, 0.05) is 31.5 Å². The van der Waals surface area contributed by atoms with Gasteiger partial charge in [-0.2, -0.15) is 0 Å². The summed E-state index contributed by atoms with van der Waals surface area (Å²) in [5, 5.41) is 6.10. The molecule has 1 amide bonds. The zero-order valence-electron chi connectivity index (χ0n) is 19.3. The number of nitrogens with two attached hydrogens (primary N) is 1. The molecule has 3 aromatic rings. The molecular formula is C24H30N6O3. The standard InChI is InChI=1S/C24H30N6O3/c1-24(2,3)33-23(32)28-18(14-16-8-6-5-7-9-16)15-27-22-29-20(17-10-12-26-13-11-17)19(25)21(31)30(22)4/h5-13,18H,14-15,25H2,1-4H3,(H,27,29)(H,28,32). The van der Waals surface area contributed by atoms with Crippen molar-refractivity contribution < 1.29 is 9.53 Å². The van der Waals surface area contributed by atoms with Crippen LogP contribution in [-0.4, -0.2) is 38.8 Å². The minimum atomic E-state index is -0.614. The number of rotatable bonds is 7. The smallest absolute Gasteiger partial charge is 0.407 e. The monoisotopic (exact) mass is 450 g/mol. The fraction of sp³-hybridized carbons (Fsp3) is 0.333. The van der Waals surface area contributed by atoms with E-state index in [0.29, 0.717) is 30.2 Å². The molecule has 1 unspecified atom stereocenters. The van der Waals surface area contributed by atoms with Crippen LogP contribution in [-0.2, 0) is 18.2 Å². The van der Waals surface area contributed by atoms with Gasteiger partial charge in [0.05, 0.1) is 6.04 Å². The number of pyridine rings is 1. The lowest BCUT2D eigenvalue weighted by Gasteiger charge is -2.24. The van der Waals surface area contributed by atoms with Crippen molar-refractivity contribution in [2.45, 2.75) is 38.8 Å². The van der Waals surface area contributed by atoms with E-state index < -0.39 is 11.7 Å².